The van der Waals surface area contributed by atoms with Crippen LogP contribution in [0.25, 0.3) is 11.4 Å². The minimum absolute atomic E-state index is 0.694. The van der Waals surface area contributed by atoms with Gasteiger partial charge in [-0.15, -0.1) is 6.58 Å². The Bertz CT molecular complexity index is 417. The number of hydrogen-bond acceptors (Lipinski definition) is 2. The van der Waals surface area contributed by atoms with E-state index in [4.69, 9.17) is 0 Å². The molecule has 0 atom stereocenters. The van der Waals surface area contributed by atoms with Crippen LogP contribution in [0.4, 0.5) is 0 Å². The number of allylic oxidation sites excluding steroid dienone is 1. The van der Waals surface area contributed by atoms with Crippen molar-refractivity contribution >= 4 is 0 Å². The molecule has 0 amide bonds. The number of rotatable bonds is 3. The smallest absolute Gasteiger partial charge is 0.181 e. The molecule has 1 heterocycles. The summed E-state index contributed by atoms with van der Waals surface area (Å²) in [6.07, 6.45) is 3.51. The lowest BCUT2D eigenvalue weighted by atomic mass is 10.2. The highest BCUT2D eigenvalue weighted by molar-refractivity contribution is 5.53. The molecule has 0 N–H and O–H groups in total. The van der Waals surface area contributed by atoms with E-state index in [1.165, 1.54) is 0 Å². The summed E-state index contributed by atoms with van der Waals surface area (Å²) in [6.45, 7) is 4.34. The molecule has 0 saturated carbocycles. The lowest BCUT2D eigenvalue weighted by Crippen LogP contribution is -1.94. The monoisotopic (exact) mass is 185 g/mol. The van der Waals surface area contributed by atoms with Gasteiger partial charge in [0.1, 0.15) is 6.33 Å². The molecule has 0 spiro atoms. The largest absolute Gasteiger partial charge is 0.249 e. The standard InChI is InChI=1S/C11H11N3/c1-2-8-14-9-12-11(13-14)10-6-4-3-5-7-10/h2-7,9H,1,8H2. The first-order valence-electron chi connectivity index (χ1n) is 4.46. The second kappa shape index (κ2) is 3.87. The Morgan fingerprint density at radius 1 is 1.29 bits per heavy atom. The maximum absolute atomic E-state index is 4.30. The van der Waals surface area contributed by atoms with Crippen molar-refractivity contribution in [2.75, 3.05) is 0 Å². The van der Waals surface area contributed by atoms with Crippen LogP contribution in [-0.4, -0.2) is 14.8 Å². The number of hydrogen-bond donors (Lipinski definition) is 0. The van der Waals surface area contributed by atoms with Gasteiger partial charge in [0.2, 0.25) is 0 Å². The van der Waals surface area contributed by atoms with E-state index < -0.39 is 0 Å². The van der Waals surface area contributed by atoms with E-state index in [-0.39, 0.29) is 0 Å². The van der Waals surface area contributed by atoms with Gasteiger partial charge in [-0.1, -0.05) is 36.4 Å². The zero-order chi connectivity index (χ0) is 9.80. The van der Waals surface area contributed by atoms with Crippen molar-refractivity contribution in [2.24, 2.45) is 0 Å². The maximum Gasteiger partial charge on any atom is 0.181 e. The summed E-state index contributed by atoms with van der Waals surface area (Å²) < 4.78 is 1.76. The summed E-state index contributed by atoms with van der Waals surface area (Å²) in [5.74, 6) is 0.757. The van der Waals surface area contributed by atoms with E-state index in [0.717, 1.165) is 11.4 Å². The average molecular weight is 185 g/mol. The van der Waals surface area contributed by atoms with Gasteiger partial charge in [0.15, 0.2) is 5.82 Å². The van der Waals surface area contributed by atoms with Gasteiger partial charge in [0.25, 0.3) is 0 Å². The van der Waals surface area contributed by atoms with Crippen LogP contribution in [0.3, 0.4) is 0 Å². The lowest BCUT2D eigenvalue weighted by Gasteiger charge is -1.93. The Kier molecular flexibility index (Phi) is 2.40. The molecule has 2 aromatic rings. The molecule has 0 fully saturated rings. The van der Waals surface area contributed by atoms with Gasteiger partial charge in [0.05, 0.1) is 6.54 Å². The minimum atomic E-state index is 0.694. The molecule has 0 saturated heterocycles. The van der Waals surface area contributed by atoms with Crippen LogP contribution in [0.15, 0.2) is 49.3 Å². The van der Waals surface area contributed by atoms with E-state index in [9.17, 15) is 0 Å². The van der Waals surface area contributed by atoms with E-state index in [2.05, 4.69) is 16.7 Å². The highest BCUT2D eigenvalue weighted by Gasteiger charge is 2.01. The van der Waals surface area contributed by atoms with Crippen molar-refractivity contribution in [3.8, 4) is 11.4 Å². The first kappa shape index (κ1) is 8.69. The van der Waals surface area contributed by atoms with Crippen LogP contribution in [0, 0.1) is 0 Å². The van der Waals surface area contributed by atoms with Gasteiger partial charge in [-0.3, -0.25) is 0 Å². The number of aromatic nitrogens is 3. The summed E-state index contributed by atoms with van der Waals surface area (Å²) in [5, 5.41) is 4.30. The van der Waals surface area contributed by atoms with E-state index in [1.54, 1.807) is 17.1 Å². The van der Waals surface area contributed by atoms with Gasteiger partial charge < -0.3 is 0 Å². The third kappa shape index (κ3) is 1.71. The first-order chi connectivity index (χ1) is 6.90. The van der Waals surface area contributed by atoms with Crippen molar-refractivity contribution in [3.63, 3.8) is 0 Å². The molecule has 2 rings (SSSR count). The van der Waals surface area contributed by atoms with Crippen LogP contribution >= 0.6 is 0 Å². The van der Waals surface area contributed by atoms with Gasteiger partial charge in [-0.2, -0.15) is 5.10 Å². The lowest BCUT2D eigenvalue weighted by molar-refractivity contribution is 0.703. The maximum atomic E-state index is 4.30. The van der Waals surface area contributed by atoms with Crippen molar-refractivity contribution in [2.45, 2.75) is 6.54 Å². The minimum Gasteiger partial charge on any atom is -0.249 e. The molecule has 1 aromatic carbocycles. The number of nitrogens with zero attached hydrogens (tertiary/aromatic N) is 3. The van der Waals surface area contributed by atoms with Crippen LogP contribution in [0.2, 0.25) is 0 Å². The summed E-state index contributed by atoms with van der Waals surface area (Å²) >= 11 is 0. The molecule has 0 bridgehead atoms. The van der Waals surface area contributed by atoms with Crippen LogP contribution in [-0.2, 0) is 6.54 Å². The topological polar surface area (TPSA) is 30.7 Å². The second-order valence-corrected chi connectivity index (χ2v) is 2.94. The summed E-state index contributed by atoms with van der Waals surface area (Å²) in [6, 6.07) is 9.92. The molecular formula is C11H11N3. The molecule has 0 radical (unpaired) electrons. The second-order valence-electron chi connectivity index (χ2n) is 2.94. The van der Waals surface area contributed by atoms with E-state index in [1.807, 2.05) is 30.3 Å². The molecular weight excluding hydrogens is 174 g/mol. The normalized spacial score (nSPS) is 10.0. The van der Waals surface area contributed by atoms with Crippen molar-refractivity contribution in [3.05, 3.63) is 49.3 Å². The first-order valence-corrected chi connectivity index (χ1v) is 4.46. The predicted octanol–water partition coefficient (Wildman–Crippen LogP) is 2.13. The Hall–Kier alpha value is -1.90. The van der Waals surface area contributed by atoms with Gasteiger partial charge in [0, 0.05) is 5.56 Å². The fourth-order valence-corrected chi connectivity index (χ4v) is 1.23. The third-order valence-electron chi connectivity index (χ3n) is 1.88. The van der Waals surface area contributed by atoms with E-state index in [0.29, 0.717) is 6.54 Å². The molecule has 1 aromatic heterocycles. The molecule has 0 aliphatic carbocycles. The van der Waals surface area contributed by atoms with Gasteiger partial charge >= 0.3 is 0 Å². The summed E-state index contributed by atoms with van der Waals surface area (Å²) in [5.41, 5.74) is 1.04. The van der Waals surface area contributed by atoms with Crippen molar-refractivity contribution in [1.29, 1.82) is 0 Å². The fraction of sp³-hybridized carbons (Fsp3) is 0.0909. The van der Waals surface area contributed by atoms with Gasteiger partial charge in [-0.05, 0) is 0 Å². The SMILES string of the molecule is C=CCn1cnc(-c2ccccc2)n1. The highest BCUT2D eigenvalue weighted by atomic mass is 15.3. The van der Waals surface area contributed by atoms with E-state index >= 15 is 0 Å². The molecule has 0 unspecified atom stereocenters. The zero-order valence-corrected chi connectivity index (χ0v) is 7.80. The summed E-state index contributed by atoms with van der Waals surface area (Å²) in [7, 11) is 0. The van der Waals surface area contributed by atoms with Crippen LogP contribution in [0.5, 0.6) is 0 Å². The van der Waals surface area contributed by atoms with Crippen molar-refractivity contribution in [1.82, 2.24) is 14.8 Å². The number of benzene rings is 1. The highest BCUT2D eigenvalue weighted by Crippen LogP contribution is 2.12. The Morgan fingerprint density at radius 2 is 2.07 bits per heavy atom. The molecule has 3 heteroatoms. The summed E-state index contributed by atoms with van der Waals surface area (Å²) in [4.78, 5) is 4.21. The molecule has 14 heavy (non-hydrogen) atoms. The van der Waals surface area contributed by atoms with Crippen LogP contribution < -0.4 is 0 Å². The Balaban J connectivity index is 2.29. The Labute approximate surface area is 82.7 Å². The molecule has 0 aliphatic rings. The zero-order valence-electron chi connectivity index (χ0n) is 7.80. The van der Waals surface area contributed by atoms with Crippen LogP contribution in [0.1, 0.15) is 0 Å². The fourth-order valence-electron chi connectivity index (χ4n) is 1.23. The Morgan fingerprint density at radius 3 is 2.79 bits per heavy atom. The molecule has 0 aliphatic heterocycles. The predicted molar refractivity (Wildman–Crippen MR) is 55.7 cm³/mol. The molecule has 70 valence electrons. The molecule has 3 nitrogen and oxygen atoms in total. The van der Waals surface area contributed by atoms with Crippen molar-refractivity contribution < 1.29 is 0 Å². The average Bonchev–Trinajstić information content (AvgIpc) is 2.68. The third-order valence-corrected chi connectivity index (χ3v) is 1.88. The van der Waals surface area contributed by atoms with Gasteiger partial charge in [-0.25, -0.2) is 9.67 Å². The quantitative estimate of drug-likeness (QED) is 0.686.